The average Bonchev–Trinajstić information content (AvgIpc) is 3.26. The molecule has 39 heavy (non-hydrogen) atoms. The van der Waals surface area contributed by atoms with Crippen LogP contribution in [0, 0.1) is 0 Å². The van der Waals surface area contributed by atoms with Crippen LogP contribution in [0.2, 0.25) is 0 Å². The highest BCUT2D eigenvalue weighted by Crippen LogP contribution is 2.38. The molecule has 0 unspecified atom stereocenters. The van der Waals surface area contributed by atoms with E-state index in [1.54, 1.807) is 35.9 Å². The SMILES string of the molecule is CCN(C)C(=O)c1ccc2c(c1)NC(=O)/C2=C(\Nc1ccc(N(CCN(C)C)C(C)=O)cc1)c1ccccc1. The lowest BCUT2D eigenvalue weighted by Gasteiger charge is -2.23. The Hall–Kier alpha value is -4.43. The summed E-state index contributed by atoms with van der Waals surface area (Å²) in [5.74, 6) is -0.363. The molecule has 1 heterocycles. The summed E-state index contributed by atoms with van der Waals surface area (Å²) in [7, 11) is 5.70. The molecule has 0 spiro atoms. The van der Waals surface area contributed by atoms with Crippen LogP contribution >= 0.6 is 0 Å². The summed E-state index contributed by atoms with van der Waals surface area (Å²) in [6, 6.07) is 22.6. The molecule has 8 nitrogen and oxygen atoms in total. The van der Waals surface area contributed by atoms with Crippen molar-refractivity contribution < 1.29 is 14.4 Å². The highest BCUT2D eigenvalue weighted by molar-refractivity contribution is 6.37. The van der Waals surface area contributed by atoms with Crippen LogP contribution in [0.3, 0.4) is 0 Å². The topological polar surface area (TPSA) is 85.0 Å². The molecule has 1 aliphatic rings. The molecule has 3 aromatic carbocycles. The van der Waals surface area contributed by atoms with E-state index in [1.165, 1.54) is 0 Å². The number of hydrogen-bond donors (Lipinski definition) is 2. The van der Waals surface area contributed by atoms with Crippen molar-refractivity contribution in [3.63, 3.8) is 0 Å². The molecule has 202 valence electrons. The number of hydrogen-bond acceptors (Lipinski definition) is 5. The minimum atomic E-state index is -0.243. The van der Waals surface area contributed by atoms with E-state index in [0.717, 1.165) is 29.0 Å². The summed E-state index contributed by atoms with van der Waals surface area (Å²) in [5, 5.41) is 6.39. The predicted octanol–water partition coefficient (Wildman–Crippen LogP) is 4.63. The Kier molecular flexibility index (Phi) is 8.46. The number of likely N-dealkylation sites (N-methyl/N-ethyl adjacent to an activating group) is 1. The maximum absolute atomic E-state index is 13.3. The fourth-order valence-corrected chi connectivity index (χ4v) is 4.44. The van der Waals surface area contributed by atoms with Crippen LogP contribution in [0.1, 0.15) is 35.3 Å². The van der Waals surface area contributed by atoms with Crippen LogP contribution in [0.15, 0.2) is 72.8 Å². The molecular formula is C31H35N5O3. The maximum Gasteiger partial charge on any atom is 0.258 e. The van der Waals surface area contributed by atoms with E-state index < -0.39 is 0 Å². The van der Waals surface area contributed by atoms with Gasteiger partial charge in [-0.05, 0) is 63.0 Å². The molecule has 3 aromatic rings. The van der Waals surface area contributed by atoms with E-state index in [1.807, 2.05) is 86.6 Å². The van der Waals surface area contributed by atoms with Crippen molar-refractivity contribution in [1.29, 1.82) is 0 Å². The van der Waals surface area contributed by atoms with Crippen molar-refractivity contribution in [1.82, 2.24) is 9.80 Å². The molecule has 3 amide bonds. The summed E-state index contributed by atoms with van der Waals surface area (Å²) < 4.78 is 0. The lowest BCUT2D eigenvalue weighted by atomic mass is 9.98. The minimum Gasteiger partial charge on any atom is -0.354 e. The van der Waals surface area contributed by atoms with Crippen molar-refractivity contribution >= 4 is 46.1 Å². The number of nitrogens with one attached hydrogen (secondary N) is 2. The van der Waals surface area contributed by atoms with E-state index >= 15 is 0 Å². The Morgan fingerprint density at radius 2 is 1.56 bits per heavy atom. The fourth-order valence-electron chi connectivity index (χ4n) is 4.44. The zero-order valence-corrected chi connectivity index (χ0v) is 23.1. The maximum atomic E-state index is 13.3. The van der Waals surface area contributed by atoms with Crippen LogP contribution in [0.25, 0.3) is 11.3 Å². The fraction of sp³-hybridized carbons (Fsp3) is 0.258. The van der Waals surface area contributed by atoms with Gasteiger partial charge in [0, 0.05) is 61.8 Å². The predicted molar refractivity (Wildman–Crippen MR) is 158 cm³/mol. The third-order valence-electron chi connectivity index (χ3n) is 6.74. The van der Waals surface area contributed by atoms with E-state index in [0.29, 0.717) is 35.6 Å². The monoisotopic (exact) mass is 525 g/mol. The third kappa shape index (κ3) is 6.18. The van der Waals surface area contributed by atoms with Crippen molar-refractivity contribution in [2.75, 3.05) is 56.3 Å². The number of carbonyl (C=O) groups is 3. The molecule has 0 atom stereocenters. The Labute approximate surface area is 229 Å². The lowest BCUT2D eigenvalue weighted by molar-refractivity contribution is -0.116. The first-order chi connectivity index (χ1) is 18.7. The first kappa shape index (κ1) is 27.6. The number of carbonyl (C=O) groups excluding carboxylic acids is 3. The number of nitrogens with zero attached hydrogens (tertiary/aromatic N) is 3. The van der Waals surface area contributed by atoms with Crippen molar-refractivity contribution in [3.05, 3.63) is 89.5 Å². The quantitative estimate of drug-likeness (QED) is 0.398. The second-order valence-corrected chi connectivity index (χ2v) is 9.80. The summed E-state index contributed by atoms with van der Waals surface area (Å²) in [6.45, 7) is 5.41. The van der Waals surface area contributed by atoms with Crippen molar-refractivity contribution in [2.45, 2.75) is 13.8 Å². The normalized spacial score (nSPS) is 13.5. The molecule has 2 N–H and O–H groups in total. The van der Waals surface area contributed by atoms with Crippen molar-refractivity contribution in [2.24, 2.45) is 0 Å². The Morgan fingerprint density at radius 1 is 0.872 bits per heavy atom. The summed E-state index contributed by atoms with van der Waals surface area (Å²) >= 11 is 0. The number of benzene rings is 3. The molecule has 0 saturated heterocycles. The molecule has 0 aliphatic carbocycles. The second kappa shape index (κ2) is 12.0. The number of rotatable bonds is 9. The Balaban J connectivity index is 1.71. The average molecular weight is 526 g/mol. The van der Waals surface area contributed by atoms with Gasteiger partial charge in [0.2, 0.25) is 5.91 Å². The first-order valence-corrected chi connectivity index (χ1v) is 13.0. The van der Waals surface area contributed by atoms with Crippen LogP contribution in [-0.2, 0) is 9.59 Å². The molecule has 0 saturated carbocycles. The van der Waals surface area contributed by atoms with Gasteiger partial charge in [-0.25, -0.2) is 0 Å². The van der Waals surface area contributed by atoms with Gasteiger partial charge in [-0.1, -0.05) is 36.4 Å². The smallest absolute Gasteiger partial charge is 0.258 e. The van der Waals surface area contributed by atoms with Gasteiger partial charge in [0.05, 0.1) is 11.3 Å². The molecule has 1 aliphatic heterocycles. The Bertz CT molecular complexity index is 1400. The zero-order chi connectivity index (χ0) is 28.1. The lowest BCUT2D eigenvalue weighted by Crippen LogP contribution is -2.35. The van der Waals surface area contributed by atoms with Crippen LogP contribution < -0.4 is 15.5 Å². The third-order valence-corrected chi connectivity index (χ3v) is 6.74. The van der Waals surface area contributed by atoms with Gasteiger partial charge in [-0.2, -0.15) is 0 Å². The molecule has 4 rings (SSSR count). The standard InChI is InChI=1S/C31H35N5O3/c1-6-35(5)31(39)23-12-17-26-27(20-23)33-30(38)28(26)29(22-10-8-7-9-11-22)32-24-13-15-25(16-14-24)36(21(2)37)19-18-34(3)4/h7-17,20,32H,6,18-19H2,1-5H3,(H,33,38)/b29-28-. The van der Waals surface area contributed by atoms with Gasteiger partial charge in [-0.3, -0.25) is 14.4 Å². The molecule has 0 aromatic heterocycles. The summed E-state index contributed by atoms with van der Waals surface area (Å²) in [6.07, 6.45) is 0. The van der Waals surface area contributed by atoms with E-state index in [-0.39, 0.29) is 17.7 Å². The van der Waals surface area contributed by atoms with Gasteiger partial charge in [-0.15, -0.1) is 0 Å². The van der Waals surface area contributed by atoms with Crippen LogP contribution in [-0.4, -0.2) is 68.3 Å². The van der Waals surface area contributed by atoms with E-state index in [2.05, 4.69) is 10.6 Å². The highest BCUT2D eigenvalue weighted by atomic mass is 16.2. The number of anilines is 3. The van der Waals surface area contributed by atoms with Gasteiger partial charge >= 0.3 is 0 Å². The van der Waals surface area contributed by atoms with Gasteiger partial charge in [0.25, 0.3) is 11.8 Å². The van der Waals surface area contributed by atoms with Gasteiger partial charge in [0.15, 0.2) is 0 Å². The first-order valence-electron chi connectivity index (χ1n) is 13.0. The van der Waals surface area contributed by atoms with Gasteiger partial charge < -0.3 is 25.3 Å². The summed E-state index contributed by atoms with van der Waals surface area (Å²) in [5.41, 5.74) is 5.44. The van der Waals surface area contributed by atoms with Crippen molar-refractivity contribution in [3.8, 4) is 0 Å². The molecule has 0 bridgehead atoms. The van der Waals surface area contributed by atoms with E-state index in [9.17, 15) is 14.4 Å². The molecule has 0 radical (unpaired) electrons. The minimum absolute atomic E-state index is 0.0214. The summed E-state index contributed by atoms with van der Waals surface area (Å²) in [4.78, 5) is 43.7. The van der Waals surface area contributed by atoms with Gasteiger partial charge in [0.1, 0.15) is 0 Å². The molecule has 0 fully saturated rings. The molecular weight excluding hydrogens is 490 g/mol. The Morgan fingerprint density at radius 3 is 2.18 bits per heavy atom. The van der Waals surface area contributed by atoms with Crippen LogP contribution in [0.5, 0.6) is 0 Å². The largest absolute Gasteiger partial charge is 0.354 e. The number of amides is 3. The molecule has 8 heteroatoms. The second-order valence-electron chi connectivity index (χ2n) is 9.80. The van der Waals surface area contributed by atoms with E-state index in [4.69, 9.17) is 0 Å². The highest BCUT2D eigenvalue weighted by Gasteiger charge is 2.29. The number of fused-ring (bicyclic) bond motifs is 1. The zero-order valence-electron chi connectivity index (χ0n) is 23.1. The van der Waals surface area contributed by atoms with Crippen LogP contribution in [0.4, 0.5) is 17.1 Å².